The summed E-state index contributed by atoms with van der Waals surface area (Å²) in [5, 5.41) is 0. The number of anilines is 1. The molecule has 1 aromatic carbocycles. The minimum Gasteiger partial charge on any atom is -0.357 e. The highest BCUT2D eigenvalue weighted by atomic mass is 32.2. The van der Waals surface area contributed by atoms with E-state index < -0.39 is 26.7 Å². The molecule has 1 aromatic heterocycles. The Labute approximate surface area is 149 Å². The average molecular weight is 386 g/mol. The lowest BCUT2D eigenvalue weighted by atomic mass is 10.2. The molecule has 6 nitrogen and oxygen atoms in total. The van der Waals surface area contributed by atoms with Crippen molar-refractivity contribution in [1.29, 1.82) is 0 Å². The highest BCUT2D eigenvalue weighted by molar-refractivity contribution is 7.89. The third kappa shape index (κ3) is 4.31. The first-order chi connectivity index (χ1) is 12.3. The summed E-state index contributed by atoms with van der Waals surface area (Å²) in [5.41, 5.74) is -1.02. The van der Waals surface area contributed by atoms with Gasteiger partial charge in [-0.1, -0.05) is 6.07 Å². The van der Waals surface area contributed by atoms with Crippen LogP contribution in [-0.2, 0) is 22.7 Å². The topological polar surface area (TPSA) is 75.2 Å². The van der Waals surface area contributed by atoms with E-state index >= 15 is 0 Å². The Morgan fingerprint density at radius 3 is 2.58 bits per heavy atom. The lowest BCUT2D eigenvalue weighted by molar-refractivity contribution is -0.137. The van der Waals surface area contributed by atoms with E-state index in [4.69, 9.17) is 0 Å². The molecule has 0 radical (unpaired) electrons. The molecule has 0 bridgehead atoms. The molecule has 3 rings (SSSR count). The molecule has 0 atom stereocenters. The van der Waals surface area contributed by atoms with Crippen LogP contribution in [0.4, 0.5) is 19.0 Å². The number of benzene rings is 1. The minimum atomic E-state index is -4.61. The Morgan fingerprint density at radius 2 is 1.88 bits per heavy atom. The number of nitrogens with zero attached hydrogens (tertiary/aromatic N) is 3. The second-order valence-corrected chi connectivity index (χ2v) is 7.64. The summed E-state index contributed by atoms with van der Waals surface area (Å²) in [4.78, 5) is 9.96. The fraction of sp³-hybridized carbons (Fsp3) is 0.375. The zero-order chi connectivity index (χ0) is 18.8. The van der Waals surface area contributed by atoms with Crippen molar-refractivity contribution in [3.05, 3.63) is 47.9 Å². The predicted octanol–water partition coefficient (Wildman–Crippen LogP) is 2.57. The summed E-state index contributed by atoms with van der Waals surface area (Å²) in [6.07, 6.45) is -0.934. The highest BCUT2D eigenvalue weighted by Gasteiger charge is 2.31. The molecule has 1 fully saturated rings. The number of nitrogens with one attached hydrogen (secondary N) is 1. The molecule has 140 valence electrons. The largest absolute Gasteiger partial charge is 0.416 e. The Balaban J connectivity index is 1.74. The fourth-order valence-electron chi connectivity index (χ4n) is 2.68. The molecule has 26 heavy (non-hydrogen) atoms. The molecule has 0 spiro atoms. The standard InChI is InChI=1S/C16H17F3N4O2S/c17-16(18,19)12-4-3-5-13(10-12)26(24,25)21-11-14-20-7-6-15(22-14)23-8-1-2-9-23/h3-7,10,21H,1-2,8-9,11H2. The lowest BCUT2D eigenvalue weighted by Crippen LogP contribution is -2.25. The van der Waals surface area contributed by atoms with E-state index in [-0.39, 0.29) is 12.4 Å². The molecule has 0 unspecified atom stereocenters. The first-order valence-corrected chi connectivity index (χ1v) is 9.48. The molecule has 2 aromatic rings. The van der Waals surface area contributed by atoms with Crippen LogP contribution < -0.4 is 9.62 Å². The average Bonchev–Trinajstić information content (AvgIpc) is 3.14. The lowest BCUT2D eigenvalue weighted by Gasteiger charge is -2.16. The third-order valence-electron chi connectivity index (χ3n) is 4.01. The summed E-state index contributed by atoms with van der Waals surface area (Å²) in [6, 6.07) is 5.34. The molecule has 1 aliphatic heterocycles. The Kier molecular flexibility index (Phi) is 5.15. The fourth-order valence-corrected chi connectivity index (χ4v) is 3.70. The number of sulfonamides is 1. The van der Waals surface area contributed by atoms with Crippen LogP contribution in [0.1, 0.15) is 24.2 Å². The SMILES string of the molecule is O=S(=O)(NCc1nccc(N2CCCC2)n1)c1cccc(C(F)(F)F)c1. The van der Waals surface area contributed by atoms with Crippen LogP contribution in [0.25, 0.3) is 0 Å². The number of rotatable bonds is 5. The van der Waals surface area contributed by atoms with Crippen molar-refractivity contribution in [2.45, 2.75) is 30.5 Å². The van der Waals surface area contributed by atoms with Crippen LogP contribution in [0.15, 0.2) is 41.4 Å². The Morgan fingerprint density at radius 1 is 1.15 bits per heavy atom. The van der Waals surface area contributed by atoms with Gasteiger partial charge in [-0.15, -0.1) is 0 Å². The third-order valence-corrected chi connectivity index (χ3v) is 5.41. The van der Waals surface area contributed by atoms with Gasteiger partial charge in [0.2, 0.25) is 10.0 Å². The zero-order valence-corrected chi connectivity index (χ0v) is 14.5. The van der Waals surface area contributed by atoms with Crippen molar-refractivity contribution < 1.29 is 21.6 Å². The maximum Gasteiger partial charge on any atom is 0.416 e. The first-order valence-electron chi connectivity index (χ1n) is 7.99. The van der Waals surface area contributed by atoms with Gasteiger partial charge in [0.25, 0.3) is 0 Å². The summed E-state index contributed by atoms with van der Waals surface area (Å²) < 4.78 is 65.1. The molecule has 1 saturated heterocycles. The van der Waals surface area contributed by atoms with E-state index in [1.807, 2.05) is 0 Å². The summed E-state index contributed by atoms with van der Waals surface area (Å²) in [5.74, 6) is 0.968. The number of halogens is 3. The van der Waals surface area contributed by atoms with Gasteiger partial charge < -0.3 is 4.90 Å². The Hall–Kier alpha value is -2.20. The monoisotopic (exact) mass is 386 g/mol. The van der Waals surface area contributed by atoms with E-state index in [0.29, 0.717) is 11.9 Å². The van der Waals surface area contributed by atoms with Gasteiger partial charge in [-0.05, 0) is 37.1 Å². The molecule has 0 aliphatic carbocycles. The van der Waals surface area contributed by atoms with Gasteiger partial charge in [0.05, 0.1) is 17.0 Å². The minimum absolute atomic E-state index is 0.208. The quantitative estimate of drug-likeness (QED) is 0.855. The van der Waals surface area contributed by atoms with Gasteiger partial charge in [-0.2, -0.15) is 13.2 Å². The number of hydrogen-bond acceptors (Lipinski definition) is 5. The zero-order valence-electron chi connectivity index (χ0n) is 13.7. The molecule has 1 N–H and O–H groups in total. The molecule has 10 heteroatoms. The van der Waals surface area contributed by atoms with Crippen molar-refractivity contribution >= 4 is 15.8 Å². The molecular formula is C16H17F3N4O2S. The van der Waals surface area contributed by atoms with Crippen molar-refractivity contribution in [3.63, 3.8) is 0 Å². The smallest absolute Gasteiger partial charge is 0.357 e. The van der Waals surface area contributed by atoms with Crippen molar-refractivity contribution in [1.82, 2.24) is 14.7 Å². The second-order valence-electron chi connectivity index (χ2n) is 5.88. The second kappa shape index (κ2) is 7.20. The van der Waals surface area contributed by atoms with Crippen LogP contribution in [-0.4, -0.2) is 31.5 Å². The summed E-state index contributed by atoms with van der Waals surface area (Å²) in [6.45, 7) is 1.55. The van der Waals surface area contributed by atoms with Crippen LogP contribution in [0.5, 0.6) is 0 Å². The highest BCUT2D eigenvalue weighted by Crippen LogP contribution is 2.30. The number of hydrogen-bond donors (Lipinski definition) is 1. The number of aromatic nitrogens is 2. The van der Waals surface area contributed by atoms with Gasteiger partial charge >= 0.3 is 6.18 Å². The van der Waals surface area contributed by atoms with E-state index in [0.717, 1.165) is 44.1 Å². The maximum absolute atomic E-state index is 12.8. The van der Waals surface area contributed by atoms with Crippen LogP contribution in [0.3, 0.4) is 0 Å². The van der Waals surface area contributed by atoms with Gasteiger partial charge in [0.1, 0.15) is 11.6 Å². The van der Waals surface area contributed by atoms with E-state index in [9.17, 15) is 21.6 Å². The number of alkyl halides is 3. The molecule has 1 aliphatic rings. The summed E-state index contributed by atoms with van der Waals surface area (Å²) >= 11 is 0. The van der Waals surface area contributed by atoms with Gasteiger partial charge in [-0.25, -0.2) is 23.1 Å². The molecular weight excluding hydrogens is 369 g/mol. The van der Waals surface area contributed by atoms with Crippen LogP contribution in [0.2, 0.25) is 0 Å². The Bertz CT molecular complexity index is 881. The molecule has 0 saturated carbocycles. The summed E-state index contributed by atoms with van der Waals surface area (Å²) in [7, 11) is -4.12. The van der Waals surface area contributed by atoms with Crippen LogP contribution >= 0.6 is 0 Å². The van der Waals surface area contributed by atoms with Gasteiger partial charge in [0, 0.05) is 19.3 Å². The first kappa shape index (κ1) is 18.6. The van der Waals surface area contributed by atoms with Gasteiger partial charge in [-0.3, -0.25) is 0 Å². The van der Waals surface area contributed by atoms with Crippen molar-refractivity contribution in [2.24, 2.45) is 0 Å². The van der Waals surface area contributed by atoms with E-state index in [1.54, 1.807) is 6.07 Å². The normalized spacial score (nSPS) is 15.4. The molecule has 0 amide bonds. The predicted molar refractivity (Wildman–Crippen MR) is 88.9 cm³/mol. The van der Waals surface area contributed by atoms with E-state index in [2.05, 4.69) is 19.6 Å². The van der Waals surface area contributed by atoms with E-state index in [1.165, 1.54) is 6.20 Å². The van der Waals surface area contributed by atoms with Gasteiger partial charge in [0.15, 0.2) is 0 Å². The van der Waals surface area contributed by atoms with Crippen LogP contribution in [0, 0.1) is 0 Å². The van der Waals surface area contributed by atoms with Crippen molar-refractivity contribution in [2.75, 3.05) is 18.0 Å². The van der Waals surface area contributed by atoms with Crippen molar-refractivity contribution in [3.8, 4) is 0 Å². The maximum atomic E-state index is 12.8. The molecule has 2 heterocycles.